The summed E-state index contributed by atoms with van der Waals surface area (Å²) in [4.78, 5) is 6.55. The molecule has 2 aromatic heterocycles. The fourth-order valence-electron chi connectivity index (χ4n) is 2.06. The number of morpholine rings is 1. The number of hydrogen-bond acceptors (Lipinski definition) is 8. The van der Waals surface area contributed by atoms with Crippen LogP contribution in [0.1, 0.15) is 11.9 Å². The van der Waals surface area contributed by atoms with Gasteiger partial charge in [0.05, 0.1) is 37.2 Å². The molecule has 0 amide bonds. The zero-order valence-corrected chi connectivity index (χ0v) is 11.0. The molecular formula is C12H16N6O2. The zero-order valence-electron chi connectivity index (χ0n) is 11.0. The largest absolute Gasteiger partial charge is 0.379 e. The van der Waals surface area contributed by atoms with Gasteiger partial charge in [-0.25, -0.2) is 0 Å². The van der Waals surface area contributed by atoms with Gasteiger partial charge in [-0.2, -0.15) is 15.2 Å². The molecule has 8 nitrogen and oxygen atoms in total. The third-order valence-electron chi connectivity index (χ3n) is 3.16. The summed E-state index contributed by atoms with van der Waals surface area (Å²) in [5.41, 5.74) is 6.86. The summed E-state index contributed by atoms with van der Waals surface area (Å²) < 4.78 is 10.5. The van der Waals surface area contributed by atoms with Crippen LogP contribution in [0.3, 0.4) is 0 Å². The molecule has 1 aliphatic heterocycles. The Bertz CT molecular complexity index is 540. The normalized spacial score (nSPS) is 18.1. The van der Waals surface area contributed by atoms with Crippen LogP contribution in [-0.4, -0.2) is 58.1 Å². The molecule has 2 N–H and O–H groups in total. The molecule has 3 heterocycles. The minimum Gasteiger partial charge on any atom is -0.379 e. The molecule has 1 unspecified atom stereocenters. The number of aromatic nitrogens is 4. The van der Waals surface area contributed by atoms with Crippen LogP contribution in [0, 0.1) is 0 Å². The van der Waals surface area contributed by atoms with Gasteiger partial charge in [-0.1, -0.05) is 5.16 Å². The smallest absolute Gasteiger partial charge is 0.259 e. The maximum atomic E-state index is 6.12. The van der Waals surface area contributed by atoms with Gasteiger partial charge >= 0.3 is 0 Å². The van der Waals surface area contributed by atoms with Gasteiger partial charge in [0.2, 0.25) is 0 Å². The van der Waals surface area contributed by atoms with Gasteiger partial charge in [-0.15, -0.1) is 0 Å². The lowest BCUT2D eigenvalue weighted by Crippen LogP contribution is -2.40. The summed E-state index contributed by atoms with van der Waals surface area (Å²) in [6.07, 6.45) is 3.15. The number of nitrogens with zero attached hydrogens (tertiary/aromatic N) is 5. The van der Waals surface area contributed by atoms with Crippen LogP contribution >= 0.6 is 0 Å². The zero-order chi connectivity index (χ0) is 13.8. The molecule has 1 saturated heterocycles. The Morgan fingerprint density at radius 2 is 2.15 bits per heavy atom. The fourth-order valence-corrected chi connectivity index (χ4v) is 2.06. The van der Waals surface area contributed by atoms with E-state index in [0.29, 0.717) is 18.3 Å². The second kappa shape index (κ2) is 6.04. The van der Waals surface area contributed by atoms with Crippen LogP contribution in [-0.2, 0) is 4.74 Å². The highest BCUT2D eigenvalue weighted by molar-refractivity contribution is 5.49. The van der Waals surface area contributed by atoms with Gasteiger partial charge in [0.15, 0.2) is 5.82 Å². The first kappa shape index (κ1) is 13.1. The number of ether oxygens (including phenoxy) is 1. The topological polar surface area (TPSA) is 103 Å². The van der Waals surface area contributed by atoms with Gasteiger partial charge in [0.25, 0.3) is 5.89 Å². The quantitative estimate of drug-likeness (QED) is 0.823. The van der Waals surface area contributed by atoms with E-state index < -0.39 is 0 Å². The summed E-state index contributed by atoms with van der Waals surface area (Å²) in [5, 5.41) is 11.4. The summed E-state index contributed by atoms with van der Waals surface area (Å²) in [6.45, 7) is 3.94. The van der Waals surface area contributed by atoms with Crippen molar-refractivity contribution in [3.63, 3.8) is 0 Å². The average Bonchev–Trinajstić information content (AvgIpc) is 2.99. The van der Waals surface area contributed by atoms with Gasteiger partial charge in [0.1, 0.15) is 0 Å². The van der Waals surface area contributed by atoms with E-state index in [1.165, 1.54) is 0 Å². The maximum Gasteiger partial charge on any atom is 0.259 e. The number of rotatable bonds is 4. The van der Waals surface area contributed by atoms with E-state index in [1.54, 1.807) is 18.5 Å². The van der Waals surface area contributed by atoms with Crippen LogP contribution in [0.4, 0.5) is 0 Å². The Hall–Kier alpha value is -1.90. The monoisotopic (exact) mass is 276 g/mol. The molecule has 106 valence electrons. The molecule has 0 bridgehead atoms. The molecule has 8 heteroatoms. The van der Waals surface area contributed by atoms with Crippen molar-refractivity contribution in [2.45, 2.75) is 6.04 Å². The van der Waals surface area contributed by atoms with Crippen LogP contribution < -0.4 is 5.73 Å². The molecule has 20 heavy (non-hydrogen) atoms. The third kappa shape index (κ3) is 2.98. The number of nitrogens with two attached hydrogens (primary N) is 1. The molecule has 2 aromatic rings. The molecule has 1 atom stereocenters. The van der Waals surface area contributed by atoms with E-state index in [2.05, 4.69) is 25.2 Å². The van der Waals surface area contributed by atoms with Crippen molar-refractivity contribution in [1.82, 2.24) is 25.2 Å². The minimum atomic E-state index is -0.277. The summed E-state index contributed by atoms with van der Waals surface area (Å²) in [5.74, 6) is 0.913. The van der Waals surface area contributed by atoms with Crippen LogP contribution in [0.5, 0.6) is 0 Å². The minimum absolute atomic E-state index is 0.277. The molecule has 1 fully saturated rings. The standard InChI is InChI=1S/C12H16N6O2/c13-10(8-18-3-5-19-6-4-18)11-16-12(20-17-11)9-1-2-14-15-7-9/h1-2,7,10H,3-6,8,13H2. The van der Waals surface area contributed by atoms with E-state index in [9.17, 15) is 0 Å². The molecule has 1 aliphatic rings. The average molecular weight is 276 g/mol. The summed E-state index contributed by atoms with van der Waals surface area (Å²) >= 11 is 0. The first-order valence-corrected chi connectivity index (χ1v) is 6.49. The Morgan fingerprint density at radius 3 is 2.90 bits per heavy atom. The van der Waals surface area contributed by atoms with Crippen molar-refractivity contribution in [2.24, 2.45) is 5.73 Å². The second-order valence-corrected chi connectivity index (χ2v) is 4.61. The van der Waals surface area contributed by atoms with E-state index in [1.807, 2.05) is 0 Å². The predicted molar refractivity (Wildman–Crippen MR) is 69.5 cm³/mol. The first-order valence-electron chi connectivity index (χ1n) is 6.49. The number of hydrogen-bond donors (Lipinski definition) is 1. The van der Waals surface area contributed by atoms with Crippen molar-refractivity contribution in [3.05, 3.63) is 24.3 Å². The van der Waals surface area contributed by atoms with Crippen LogP contribution in [0.2, 0.25) is 0 Å². The fraction of sp³-hybridized carbons (Fsp3) is 0.500. The Morgan fingerprint density at radius 1 is 1.30 bits per heavy atom. The molecule has 0 radical (unpaired) electrons. The van der Waals surface area contributed by atoms with Crippen LogP contribution in [0.15, 0.2) is 23.0 Å². The predicted octanol–water partition coefficient (Wildman–Crippen LogP) is -0.141. The second-order valence-electron chi connectivity index (χ2n) is 4.61. The SMILES string of the molecule is NC(CN1CCOCC1)c1noc(-c2ccnnc2)n1. The molecule has 0 aliphatic carbocycles. The van der Waals surface area contributed by atoms with Gasteiger partial charge in [-0.05, 0) is 6.07 Å². The highest BCUT2D eigenvalue weighted by Crippen LogP contribution is 2.17. The van der Waals surface area contributed by atoms with Gasteiger partial charge in [-0.3, -0.25) is 4.90 Å². The molecular weight excluding hydrogens is 260 g/mol. The third-order valence-corrected chi connectivity index (χ3v) is 3.16. The van der Waals surface area contributed by atoms with Crippen molar-refractivity contribution >= 4 is 0 Å². The molecule has 0 aromatic carbocycles. The Balaban J connectivity index is 1.66. The van der Waals surface area contributed by atoms with E-state index in [4.69, 9.17) is 15.0 Å². The van der Waals surface area contributed by atoms with E-state index in [0.717, 1.165) is 31.9 Å². The Kier molecular flexibility index (Phi) is 3.95. The highest BCUT2D eigenvalue weighted by atomic mass is 16.5. The highest BCUT2D eigenvalue weighted by Gasteiger charge is 2.20. The lowest BCUT2D eigenvalue weighted by Gasteiger charge is -2.27. The lowest BCUT2D eigenvalue weighted by molar-refractivity contribution is 0.0348. The Labute approximate surface area is 115 Å². The summed E-state index contributed by atoms with van der Waals surface area (Å²) in [6, 6.07) is 1.48. The molecule has 0 saturated carbocycles. The van der Waals surface area contributed by atoms with Crippen molar-refractivity contribution in [1.29, 1.82) is 0 Å². The first-order chi connectivity index (χ1) is 9.83. The van der Waals surface area contributed by atoms with E-state index in [-0.39, 0.29) is 6.04 Å². The van der Waals surface area contributed by atoms with Gasteiger partial charge < -0.3 is 15.0 Å². The molecule has 3 rings (SSSR count). The summed E-state index contributed by atoms with van der Waals surface area (Å²) in [7, 11) is 0. The van der Waals surface area contributed by atoms with Crippen molar-refractivity contribution in [3.8, 4) is 11.5 Å². The lowest BCUT2D eigenvalue weighted by atomic mass is 10.2. The molecule has 0 spiro atoms. The van der Waals surface area contributed by atoms with Crippen LogP contribution in [0.25, 0.3) is 11.5 Å². The van der Waals surface area contributed by atoms with E-state index >= 15 is 0 Å². The van der Waals surface area contributed by atoms with Crippen molar-refractivity contribution < 1.29 is 9.26 Å². The maximum absolute atomic E-state index is 6.12. The van der Waals surface area contributed by atoms with Crippen molar-refractivity contribution in [2.75, 3.05) is 32.8 Å². The van der Waals surface area contributed by atoms with Gasteiger partial charge in [0, 0.05) is 19.6 Å².